The number of aliphatic imine (C=N–C) groups is 1. The number of rotatable bonds is 2. The fraction of sp³-hybridized carbons (Fsp3) is 0.950. The van der Waals surface area contributed by atoms with Crippen molar-refractivity contribution in [3.8, 4) is 0 Å². The Kier molecular flexibility index (Phi) is 7.24. The van der Waals surface area contributed by atoms with E-state index in [0.717, 1.165) is 5.92 Å². The second-order valence-corrected chi connectivity index (χ2v) is 10.9. The van der Waals surface area contributed by atoms with Crippen LogP contribution in [0.1, 0.15) is 92.4 Å². The van der Waals surface area contributed by atoms with Gasteiger partial charge in [0.2, 0.25) is 0 Å². The van der Waals surface area contributed by atoms with E-state index in [4.69, 9.17) is 4.99 Å². The molecule has 0 amide bonds. The number of hydrogen-bond donors (Lipinski definition) is 0. The lowest BCUT2D eigenvalue weighted by molar-refractivity contribution is 0.119. The molecule has 3 unspecified atom stereocenters. The fourth-order valence-electron chi connectivity index (χ4n) is 4.68. The number of fused-ring (bicyclic) bond motifs is 1. The molecule has 1 aliphatic carbocycles. The molecule has 0 N–H and O–H groups in total. The summed E-state index contributed by atoms with van der Waals surface area (Å²) in [5.41, 5.74) is 0. The summed E-state index contributed by atoms with van der Waals surface area (Å²) in [6.07, 6.45) is 12.3. The Balaban J connectivity index is 2.31. The van der Waals surface area contributed by atoms with Gasteiger partial charge in [0.1, 0.15) is 0 Å². The topological polar surface area (TPSA) is 15.6 Å². The molecule has 3 atom stereocenters. The number of amidine groups is 1. The van der Waals surface area contributed by atoms with E-state index in [-0.39, 0.29) is 0 Å². The van der Waals surface area contributed by atoms with Crippen molar-refractivity contribution in [1.82, 2.24) is 4.90 Å². The van der Waals surface area contributed by atoms with Gasteiger partial charge < -0.3 is 4.90 Å². The summed E-state index contributed by atoms with van der Waals surface area (Å²) >= 11 is 2.80. The third-order valence-corrected chi connectivity index (χ3v) is 7.04. The van der Waals surface area contributed by atoms with Crippen LogP contribution in [0.3, 0.4) is 0 Å². The molecule has 2 fully saturated rings. The molecular weight excluding hydrogens is 395 g/mol. The summed E-state index contributed by atoms with van der Waals surface area (Å²) in [5, 5.41) is 0. The van der Waals surface area contributed by atoms with E-state index in [1.807, 2.05) is 0 Å². The molecule has 0 bridgehead atoms. The number of likely N-dealkylation sites (tertiary alicyclic amines) is 1. The van der Waals surface area contributed by atoms with Gasteiger partial charge in [-0.15, -0.1) is 0 Å². The molecule has 0 radical (unpaired) electrons. The zero-order valence-electron chi connectivity index (χ0n) is 15.9. The summed E-state index contributed by atoms with van der Waals surface area (Å²) in [6, 6.07) is 1.67. The Labute approximate surface area is 158 Å². The maximum Gasteiger partial charge on any atom is 0.0997 e. The first-order valence-electron chi connectivity index (χ1n) is 9.87. The minimum Gasteiger partial charge on any atom is -0.355 e. The van der Waals surface area contributed by atoms with Crippen LogP contribution in [0.5, 0.6) is 0 Å². The van der Waals surface area contributed by atoms with E-state index in [2.05, 4.69) is 62.1 Å². The van der Waals surface area contributed by atoms with Gasteiger partial charge in [0, 0.05) is 28.0 Å². The quantitative estimate of drug-likeness (QED) is 0.374. The largest absolute Gasteiger partial charge is 0.355 e. The number of alkyl halides is 1. The van der Waals surface area contributed by atoms with E-state index >= 15 is 0 Å². The SMILES string of the molecule is CC(C)/N=C1\CCC2C(CCCCCCCC2(C)I)N1C(C)C. The fourth-order valence-corrected chi connectivity index (χ4v) is 5.79. The van der Waals surface area contributed by atoms with Crippen molar-refractivity contribution < 1.29 is 0 Å². The van der Waals surface area contributed by atoms with Crippen LogP contribution in [0, 0.1) is 5.92 Å². The van der Waals surface area contributed by atoms with Crippen molar-refractivity contribution in [2.24, 2.45) is 10.9 Å². The average molecular weight is 432 g/mol. The third-order valence-electron chi connectivity index (χ3n) is 5.70. The van der Waals surface area contributed by atoms with Crippen molar-refractivity contribution in [2.75, 3.05) is 0 Å². The molecule has 23 heavy (non-hydrogen) atoms. The maximum atomic E-state index is 5.01. The predicted molar refractivity (Wildman–Crippen MR) is 111 cm³/mol. The third kappa shape index (κ3) is 5.09. The van der Waals surface area contributed by atoms with Crippen LogP contribution in [0.2, 0.25) is 0 Å². The van der Waals surface area contributed by atoms with Crippen LogP contribution in [0.4, 0.5) is 0 Å². The highest BCUT2D eigenvalue weighted by Gasteiger charge is 2.43. The lowest BCUT2D eigenvalue weighted by atomic mass is 9.74. The monoisotopic (exact) mass is 432 g/mol. The van der Waals surface area contributed by atoms with Crippen molar-refractivity contribution in [1.29, 1.82) is 0 Å². The van der Waals surface area contributed by atoms with Crippen molar-refractivity contribution in [3.63, 3.8) is 0 Å². The van der Waals surface area contributed by atoms with Crippen LogP contribution in [-0.2, 0) is 0 Å². The van der Waals surface area contributed by atoms with Crippen molar-refractivity contribution in [2.45, 2.75) is 114 Å². The molecule has 2 nitrogen and oxygen atoms in total. The van der Waals surface area contributed by atoms with E-state index in [1.54, 1.807) is 0 Å². The van der Waals surface area contributed by atoms with E-state index in [9.17, 15) is 0 Å². The standard InChI is InChI=1S/C20H37IN2/c1-15(2)22-19-13-12-17-18(23(19)16(3)4)11-9-7-6-8-10-14-20(17,5)21/h15-18H,6-14H2,1-5H3/b22-19+. The Morgan fingerprint density at radius 3 is 2.35 bits per heavy atom. The molecule has 2 aliphatic rings. The predicted octanol–water partition coefficient (Wildman–Crippen LogP) is 6.22. The molecule has 0 aromatic heterocycles. The normalized spacial score (nSPS) is 35.7. The zero-order chi connectivity index (χ0) is 17.0. The minimum atomic E-state index is 0.410. The zero-order valence-corrected chi connectivity index (χ0v) is 18.1. The molecule has 134 valence electrons. The van der Waals surface area contributed by atoms with Gasteiger partial charge in [-0.25, -0.2) is 0 Å². The van der Waals surface area contributed by atoms with Gasteiger partial charge in [0.25, 0.3) is 0 Å². The summed E-state index contributed by atoms with van der Waals surface area (Å²) in [6.45, 7) is 11.7. The van der Waals surface area contributed by atoms with E-state index < -0.39 is 0 Å². The first-order valence-corrected chi connectivity index (χ1v) is 10.9. The molecule has 1 saturated heterocycles. The van der Waals surface area contributed by atoms with Crippen LogP contribution in [0.15, 0.2) is 4.99 Å². The van der Waals surface area contributed by atoms with Crippen LogP contribution < -0.4 is 0 Å². The summed E-state index contributed by atoms with van der Waals surface area (Å²) in [4.78, 5) is 7.73. The number of halogens is 1. The average Bonchev–Trinajstić information content (AvgIpc) is 2.44. The van der Waals surface area contributed by atoms with Crippen LogP contribution in [0.25, 0.3) is 0 Å². The number of hydrogen-bond acceptors (Lipinski definition) is 1. The Hall–Kier alpha value is 0.200. The molecule has 1 saturated carbocycles. The Bertz CT molecular complexity index is 400. The molecule has 1 aliphatic heterocycles. The first-order chi connectivity index (χ1) is 10.8. The maximum absolute atomic E-state index is 5.01. The van der Waals surface area contributed by atoms with Crippen molar-refractivity contribution in [3.05, 3.63) is 0 Å². The lowest BCUT2D eigenvalue weighted by Crippen LogP contribution is -2.56. The lowest BCUT2D eigenvalue weighted by Gasteiger charge is -2.51. The van der Waals surface area contributed by atoms with Gasteiger partial charge >= 0.3 is 0 Å². The van der Waals surface area contributed by atoms with Gasteiger partial charge in [-0.3, -0.25) is 4.99 Å². The van der Waals surface area contributed by atoms with Crippen molar-refractivity contribution >= 4 is 28.4 Å². The molecule has 3 heteroatoms. The Morgan fingerprint density at radius 1 is 1.04 bits per heavy atom. The van der Waals surface area contributed by atoms with Gasteiger partial charge in [-0.1, -0.05) is 61.6 Å². The number of nitrogens with zero attached hydrogens (tertiary/aromatic N) is 2. The van der Waals surface area contributed by atoms with Gasteiger partial charge in [0.15, 0.2) is 0 Å². The molecule has 1 heterocycles. The molecular formula is C20H37IN2. The molecule has 0 aromatic carbocycles. The smallest absolute Gasteiger partial charge is 0.0997 e. The molecule has 0 aromatic rings. The highest BCUT2D eigenvalue weighted by molar-refractivity contribution is 14.1. The van der Waals surface area contributed by atoms with Gasteiger partial charge in [-0.2, -0.15) is 0 Å². The molecule has 0 spiro atoms. The van der Waals surface area contributed by atoms with Crippen LogP contribution in [-0.4, -0.2) is 32.3 Å². The Morgan fingerprint density at radius 2 is 1.70 bits per heavy atom. The second kappa shape index (κ2) is 8.53. The minimum absolute atomic E-state index is 0.410. The first kappa shape index (κ1) is 19.5. The van der Waals surface area contributed by atoms with E-state index in [0.29, 0.717) is 21.5 Å². The highest BCUT2D eigenvalue weighted by atomic mass is 127. The summed E-state index contributed by atoms with van der Waals surface area (Å²) in [7, 11) is 0. The number of piperidine rings is 1. The second-order valence-electron chi connectivity index (χ2n) is 8.44. The highest BCUT2D eigenvalue weighted by Crippen LogP contribution is 2.45. The molecule has 2 rings (SSSR count). The van der Waals surface area contributed by atoms with Gasteiger partial charge in [0.05, 0.1) is 5.84 Å². The van der Waals surface area contributed by atoms with Crippen LogP contribution >= 0.6 is 22.6 Å². The summed E-state index contributed by atoms with van der Waals surface area (Å²) < 4.78 is 0.441. The van der Waals surface area contributed by atoms with Gasteiger partial charge in [-0.05, 0) is 52.9 Å². The van der Waals surface area contributed by atoms with E-state index in [1.165, 1.54) is 63.6 Å². The summed E-state index contributed by atoms with van der Waals surface area (Å²) in [5.74, 6) is 2.20.